The molecule has 0 bridgehead atoms. The van der Waals surface area contributed by atoms with Gasteiger partial charge in [-0.3, -0.25) is 4.79 Å². The number of rotatable bonds is 9. The van der Waals surface area contributed by atoms with Crippen molar-refractivity contribution in [2.24, 2.45) is 10.4 Å². The summed E-state index contributed by atoms with van der Waals surface area (Å²) in [6.07, 6.45) is 2.09. The van der Waals surface area contributed by atoms with Gasteiger partial charge in [0.25, 0.3) is 0 Å². The van der Waals surface area contributed by atoms with Crippen molar-refractivity contribution >= 4 is 35.8 Å². The normalized spacial score (nSPS) is 11.9. The highest BCUT2D eigenvalue weighted by molar-refractivity contribution is 14.0. The number of halogens is 1. The van der Waals surface area contributed by atoms with E-state index in [2.05, 4.69) is 39.9 Å². The molecule has 7 nitrogen and oxygen atoms in total. The Morgan fingerprint density at radius 2 is 1.92 bits per heavy atom. The van der Waals surface area contributed by atoms with Crippen LogP contribution in [0, 0.1) is 5.41 Å². The summed E-state index contributed by atoms with van der Waals surface area (Å²) in [5, 5.41) is 13.2. The Balaban J connectivity index is 0.00000625. The van der Waals surface area contributed by atoms with Crippen molar-refractivity contribution in [1.29, 1.82) is 0 Å². The maximum Gasteiger partial charge on any atom is 0.227 e. The monoisotopic (exact) mass is 479 g/mol. The van der Waals surface area contributed by atoms with Crippen LogP contribution in [0.25, 0.3) is 0 Å². The predicted octanol–water partition coefficient (Wildman–Crippen LogP) is 3.02. The summed E-state index contributed by atoms with van der Waals surface area (Å²) in [4.78, 5) is 16.4. The lowest BCUT2D eigenvalue weighted by atomic mass is 9.92. The van der Waals surface area contributed by atoms with E-state index in [0.717, 1.165) is 30.8 Å². The van der Waals surface area contributed by atoms with E-state index in [4.69, 9.17) is 4.52 Å². The third-order valence-electron chi connectivity index (χ3n) is 4.26. The van der Waals surface area contributed by atoms with Gasteiger partial charge in [0, 0.05) is 32.1 Å². The number of nitrogens with one attached hydrogen (secondary N) is 3. The number of hydrogen-bond donors (Lipinski definition) is 3. The van der Waals surface area contributed by atoms with Crippen molar-refractivity contribution in [3.8, 4) is 0 Å². The van der Waals surface area contributed by atoms with E-state index in [1.807, 2.05) is 26.8 Å². The van der Waals surface area contributed by atoms with E-state index in [-0.39, 0.29) is 29.9 Å². The second-order valence-electron chi connectivity index (χ2n) is 6.74. The van der Waals surface area contributed by atoms with Crippen LogP contribution in [0.5, 0.6) is 0 Å². The quantitative estimate of drug-likeness (QED) is 0.288. The number of carbonyl (C=O) groups is 1. The van der Waals surface area contributed by atoms with Crippen LogP contribution in [0.4, 0.5) is 0 Å². The van der Waals surface area contributed by atoms with Crippen LogP contribution >= 0.6 is 24.0 Å². The second-order valence-corrected chi connectivity index (χ2v) is 6.74. The Morgan fingerprint density at radius 1 is 1.27 bits per heavy atom. The van der Waals surface area contributed by atoms with Crippen molar-refractivity contribution in [2.75, 3.05) is 20.1 Å². The lowest BCUT2D eigenvalue weighted by molar-refractivity contribution is -0.128. The molecule has 0 aliphatic carbocycles. The van der Waals surface area contributed by atoms with Crippen molar-refractivity contribution in [1.82, 2.24) is 21.1 Å². The first-order chi connectivity index (χ1) is 11.9. The largest absolute Gasteiger partial charge is 0.359 e. The maximum atomic E-state index is 11.9. The molecule has 0 aliphatic rings. The van der Waals surface area contributed by atoms with E-state index in [1.165, 1.54) is 0 Å². The molecule has 0 saturated carbocycles. The minimum absolute atomic E-state index is 0. The Labute approximate surface area is 174 Å². The van der Waals surface area contributed by atoms with Gasteiger partial charge in [0.2, 0.25) is 5.91 Å². The number of carbonyl (C=O) groups excluding carboxylic acids is 1. The van der Waals surface area contributed by atoms with Crippen molar-refractivity contribution in [2.45, 2.75) is 59.9 Å². The van der Waals surface area contributed by atoms with E-state index < -0.39 is 5.41 Å². The van der Waals surface area contributed by atoms with Crippen LogP contribution in [0.15, 0.2) is 15.6 Å². The molecule has 1 aromatic rings. The fraction of sp³-hybridized carbons (Fsp3) is 0.722. The van der Waals surface area contributed by atoms with Crippen molar-refractivity contribution < 1.29 is 9.32 Å². The minimum atomic E-state index is -0.528. The minimum Gasteiger partial charge on any atom is -0.359 e. The second kappa shape index (κ2) is 12.1. The molecular formula is C18H34IN5O2. The molecule has 0 aromatic carbocycles. The first kappa shape index (κ1) is 24.7. The summed E-state index contributed by atoms with van der Waals surface area (Å²) in [5.74, 6) is 1.81. The molecule has 26 heavy (non-hydrogen) atoms. The third kappa shape index (κ3) is 7.51. The Bertz CT molecular complexity index is 568. The fourth-order valence-electron chi connectivity index (χ4n) is 2.52. The molecule has 1 rings (SSSR count). The molecule has 8 heteroatoms. The molecule has 0 radical (unpaired) electrons. The van der Waals surface area contributed by atoms with E-state index in [1.54, 1.807) is 7.05 Å². The van der Waals surface area contributed by atoms with Crippen LogP contribution in [0.3, 0.4) is 0 Å². The van der Waals surface area contributed by atoms with E-state index in [0.29, 0.717) is 25.0 Å². The van der Waals surface area contributed by atoms with Crippen LogP contribution in [0.1, 0.15) is 64.8 Å². The van der Waals surface area contributed by atoms with Gasteiger partial charge in [0.15, 0.2) is 11.7 Å². The highest BCUT2D eigenvalue weighted by atomic mass is 127. The molecule has 1 aromatic heterocycles. The first-order valence-electron chi connectivity index (χ1n) is 9.07. The van der Waals surface area contributed by atoms with Crippen molar-refractivity contribution in [3.05, 3.63) is 17.5 Å². The van der Waals surface area contributed by atoms with Gasteiger partial charge in [-0.25, -0.2) is 4.99 Å². The van der Waals surface area contributed by atoms with Gasteiger partial charge >= 0.3 is 0 Å². The molecule has 0 spiro atoms. The summed E-state index contributed by atoms with van der Waals surface area (Å²) < 4.78 is 5.40. The van der Waals surface area contributed by atoms with Gasteiger partial charge in [-0.05, 0) is 33.6 Å². The van der Waals surface area contributed by atoms with Gasteiger partial charge in [-0.15, -0.1) is 24.0 Å². The zero-order valence-corrected chi connectivity index (χ0v) is 19.1. The highest BCUT2D eigenvalue weighted by Gasteiger charge is 2.26. The summed E-state index contributed by atoms with van der Waals surface area (Å²) in [6, 6.07) is 1.99. The van der Waals surface area contributed by atoms with Crippen LogP contribution in [0.2, 0.25) is 0 Å². The van der Waals surface area contributed by atoms with Crippen LogP contribution in [-0.4, -0.2) is 37.2 Å². The van der Waals surface area contributed by atoms with Crippen LogP contribution < -0.4 is 16.0 Å². The SMILES string of the molecule is CCNC(=NCc1cc(C(CC)CC)no1)NCC(C)(C)C(=O)NC.I. The van der Waals surface area contributed by atoms with Crippen LogP contribution in [-0.2, 0) is 11.3 Å². The average molecular weight is 479 g/mol. The molecule has 1 amide bonds. The molecule has 150 valence electrons. The Morgan fingerprint density at radius 3 is 2.46 bits per heavy atom. The number of aliphatic imine (C=N–C) groups is 1. The summed E-state index contributed by atoms with van der Waals surface area (Å²) in [5.41, 5.74) is 0.466. The van der Waals surface area contributed by atoms with Gasteiger partial charge < -0.3 is 20.5 Å². The highest BCUT2D eigenvalue weighted by Crippen LogP contribution is 2.22. The molecule has 0 unspecified atom stereocenters. The molecule has 3 N–H and O–H groups in total. The van der Waals surface area contributed by atoms with Gasteiger partial charge in [0.1, 0.15) is 6.54 Å². The van der Waals surface area contributed by atoms with Gasteiger partial charge in [-0.2, -0.15) is 0 Å². The smallest absolute Gasteiger partial charge is 0.227 e. The molecular weight excluding hydrogens is 445 g/mol. The maximum absolute atomic E-state index is 11.9. The number of aromatic nitrogens is 1. The molecule has 1 heterocycles. The lowest BCUT2D eigenvalue weighted by Gasteiger charge is -2.24. The van der Waals surface area contributed by atoms with E-state index in [9.17, 15) is 4.79 Å². The Kier molecular flexibility index (Phi) is 11.5. The van der Waals surface area contributed by atoms with Gasteiger partial charge in [-0.1, -0.05) is 19.0 Å². The third-order valence-corrected chi connectivity index (χ3v) is 4.26. The summed E-state index contributed by atoms with van der Waals surface area (Å²) in [6.45, 7) is 11.7. The summed E-state index contributed by atoms with van der Waals surface area (Å²) in [7, 11) is 1.64. The molecule has 0 saturated heterocycles. The zero-order valence-electron chi connectivity index (χ0n) is 16.8. The lowest BCUT2D eigenvalue weighted by Crippen LogP contribution is -2.47. The molecule has 0 fully saturated rings. The standard InChI is InChI=1S/C18H33N5O2.HI/c1-7-13(8-2)15-10-14(25-23-15)11-21-17(20-9-3)22-12-18(4,5)16(24)19-6;/h10,13H,7-9,11-12H2,1-6H3,(H,19,24)(H2,20,21,22);1H. The predicted molar refractivity (Wildman–Crippen MR) is 116 cm³/mol. The molecule has 0 atom stereocenters. The average Bonchev–Trinajstić information content (AvgIpc) is 3.06. The first-order valence-corrected chi connectivity index (χ1v) is 9.07. The topological polar surface area (TPSA) is 91.6 Å². The summed E-state index contributed by atoms with van der Waals surface area (Å²) >= 11 is 0. The number of guanidine groups is 1. The number of amides is 1. The van der Waals surface area contributed by atoms with Gasteiger partial charge in [0.05, 0.1) is 11.1 Å². The van der Waals surface area contributed by atoms with E-state index >= 15 is 0 Å². The number of nitrogens with zero attached hydrogens (tertiary/aromatic N) is 2. The Hall–Kier alpha value is -1.32. The zero-order chi connectivity index (χ0) is 18.9. The fourth-order valence-corrected chi connectivity index (χ4v) is 2.52. The van der Waals surface area contributed by atoms with Crippen molar-refractivity contribution in [3.63, 3.8) is 0 Å². The molecule has 0 aliphatic heterocycles. The number of hydrogen-bond acceptors (Lipinski definition) is 4.